The lowest BCUT2D eigenvalue weighted by atomic mass is 10.2. The zero-order chi connectivity index (χ0) is 14.1. The predicted octanol–water partition coefficient (Wildman–Crippen LogP) is 3.93. The van der Waals surface area contributed by atoms with Crippen LogP contribution >= 0.6 is 0 Å². The zero-order valence-electron chi connectivity index (χ0n) is 13.8. The van der Waals surface area contributed by atoms with Gasteiger partial charge in [-0.25, -0.2) is 0 Å². The summed E-state index contributed by atoms with van der Waals surface area (Å²) in [4.78, 5) is 0. The summed E-state index contributed by atoms with van der Waals surface area (Å²) in [6.45, 7) is 21.4. The van der Waals surface area contributed by atoms with Crippen LogP contribution in [0.4, 0.5) is 0 Å². The first-order valence-electron chi connectivity index (χ1n) is 6.89. The molecule has 0 fully saturated rings. The molecule has 0 rings (SSSR count). The minimum Gasteiger partial charge on any atom is -0.316 e. The molecule has 0 radical (unpaired) electrons. The summed E-state index contributed by atoms with van der Waals surface area (Å²) in [5.41, 5.74) is 0. The van der Waals surface area contributed by atoms with Gasteiger partial charge in [-0.2, -0.15) is 0 Å². The third-order valence-corrected chi connectivity index (χ3v) is 11.0. The second-order valence-electron chi connectivity index (χ2n) is 7.24. The van der Waals surface area contributed by atoms with E-state index in [0.29, 0.717) is 10.1 Å². The molecule has 17 heavy (non-hydrogen) atoms. The van der Waals surface area contributed by atoms with Crippen molar-refractivity contribution in [2.24, 2.45) is 0 Å². The summed E-state index contributed by atoms with van der Waals surface area (Å²) in [5, 5.41) is 0.668. The third kappa shape index (κ3) is 2.77. The fourth-order valence-corrected chi connectivity index (χ4v) is 12.7. The fourth-order valence-electron chi connectivity index (χ4n) is 4.38. The van der Waals surface area contributed by atoms with E-state index in [4.69, 9.17) is 0 Å². The fraction of sp³-hybridized carbons (Fsp3) is 1.00. The Morgan fingerprint density at radius 1 is 0.765 bits per heavy atom. The van der Waals surface area contributed by atoms with Crippen LogP contribution in [-0.2, 0) is 0 Å². The number of hydrogen-bond donors (Lipinski definition) is 0. The summed E-state index contributed by atoms with van der Waals surface area (Å²) < 4.78 is 5.30. The minimum absolute atomic E-state index is 0.334. The van der Waals surface area contributed by atoms with Crippen molar-refractivity contribution in [3.8, 4) is 0 Å². The summed E-state index contributed by atoms with van der Waals surface area (Å²) in [6, 6.07) is 0. The molecule has 0 N–H and O–H groups in total. The molecule has 0 aromatic carbocycles. The molecular formula is C14H34N2Si. The van der Waals surface area contributed by atoms with E-state index >= 15 is 0 Å². The van der Waals surface area contributed by atoms with Gasteiger partial charge in [0, 0.05) is 0 Å². The maximum Gasteiger partial charge on any atom is 0.217 e. The normalized spacial score (nSPS) is 14.8. The molecule has 0 heterocycles. The predicted molar refractivity (Wildman–Crippen MR) is 81.8 cm³/mol. The SMILES string of the molecule is CCN(CC)[Si](N(C)C)(C(C)(C)C)C(C)(C)C. The van der Waals surface area contributed by atoms with Gasteiger partial charge < -0.3 is 9.13 Å². The summed E-state index contributed by atoms with van der Waals surface area (Å²) in [7, 11) is 2.82. The molecular weight excluding hydrogens is 224 g/mol. The lowest BCUT2D eigenvalue weighted by molar-refractivity contribution is 0.323. The molecule has 0 aliphatic heterocycles. The minimum atomic E-state index is -1.74. The molecule has 104 valence electrons. The lowest BCUT2D eigenvalue weighted by Gasteiger charge is -2.60. The van der Waals surface area contributed by atoms with Crippen molar-refractivity contribution < 1.29 is 0 Å². The van der Waals surface area contributed by atoms with Crippen molar-refractivity contribution in [2.45, 2.75) is 65.5 Å². The van der Waals surface area contributed by atoms with Crippen LogP contribution < -0.4 is 0 Å². The van der Waals surface area contributed by atoms with E-state index in [1.54, 1.807) is 0 Å². The van der Waals surface area contributed by atoms with Crippen LogP contribution in [0, 0.1) is 0 Å². The molecule has 2 nitrogen and oxygen atoms in total. The van der Waals surface area contributed by atoms with E-state index in [9.17, 15) is 0 Å². The Labute approximate surface area is 111 Å². The van der Waals surface area contributed by atoms with Crippen molar-refractivity contribution in [1.29, 1.82) is 0 Å². The van der Waals surface area contributed by atoms with Gasteiger partial charge in [-0.3, -0.25) is 0 Å². The van der Waals surface area contributed by atoms with Crippen LogP contribution in [0.15, 0.2) is 0 Å². The maximum atomic E-state index is 2.74. The van der Waals surface area contributed by atoms with E-state index < -0.39 is 8.40 Å². The van der Waals surface area contributed by atoms with Gasteiger partial charge in [0.05, 0.1) is 0 Å². The Kier molecular flexibility index (Phi) is 5.46. The van der Waals surface area contributed by atoms with Crippen LogP contribution in [0.25, 0.3) is 0 Å². The summed E-state index contributed by atoms with van der Waals surface area (Å²) in [5.74, 6) is 0. The number of nitrogens with zero attached hydrogens (tertiary/aromatic N) is 2. The summed E-state index contributed by atoms with van der Waals surface area (Å²) >= 11 is 0. The van der Waals surface area contributed by atoms with Gasteiger partial charge in [0.25, 0.3) is 0 Å². The second-order valence-corrected chi connectivity index (χ2v) is 13.1. The molecule has 0 atom stereocenters. The van der Waals surface area contributed by atoms with Gasteiger partial charge in [-0.05, 0) is 37.3 Å². The largest absolute Gasteiger partial charge is 0.316 e. The average Bonchev–Trinajstić information content (AvgIpc) is 2.08. The first-order chi connectivity index (χ1) is 7.46. The maximum absolute atomic E-state index is 2.74. The highest BCUT2D eigenvalue weighted by Gasteiger charge is 2.58. The van der Waals surface area contributed by atoms with Gasteiger partial charge >= 0.3 is 0 Å². The van der Waals surface area contributed by atoms with Gasteiger partial charge in [-0.1, -0.05) is 55.4 Å². The van der Waals surface area contributed by atoms with E-state index in [1.807, 2.05) is 0 Å². The Bertz CT molecular complexity index is 218. The molecule has 0 aromatic heterocycles. The van der Waals surface area contributed by atoms with Crippen LogP contribution in [0.3, 0.4) is 0 Å². The second kappa shape index (κ2) is 5.41. The third-order valence-electron chi connectivity index (χ3n) is 3.96. The van der Waals surface area contributed by atoms with E-state index in [0.717, 1.165) is 13.1 Å². The Hall–Kier alpha value is 0.137. The van der Waals surface area contributed by atoms with Crippen molar-refractivity contribution in [1.82, 2.24) is 9.13 Å². The monoisotopic (exact) mass is 258 g/mol. The smallest absolute Gasteiger partial charge is 0.217 e. The highest BCUT2D eigenvalue weighted by Crippen LogP contribution is 2.53. The van der Waals surface area contributed by atoms with E-state index in [2.05, 4.69) is 78.6 Å². The first-order valence-corrected chi connectivity index (χ1v) is 8.78. The molecule has 0 aliphatic carbocycles. The molecule has 0 saturated carbocycles. The van der Waals surface area contributed by atoms with E-state index in [1.165, 1.54) is 0 Å². The highest BCUT2D eigenvalue weighted by molar-refractivity contribution is 6.80. The Morgan fingerprint density at radius 3 is 1.12 bits per heavy atom. The number of hydrogen-bond acceptors (Lipinski definition) is 2. The van der Waals surface area contributed by atoms with Crippen molar-refractivity contribution >= 4 is 8.40 Å². The molecule has 0 aliphatic rings. The molecule has 0 unspecified atom stereocenters. The molecule has 0 aromatic rings. The zero-order valence-corrected chi connectivity index (χ0v) is 14.8. The van der Waals surface area contributed by atoms with Gasteiger partial charge in [0.15, 0.2) is 0 Å². The molecule has 0 amide bonds. The van der Waals surface area contributed by atoms with Crippen LogP contribution in [-0.4, -0.2) is 44.7 Å². The van der Waals surface area contributed by atoms with E-state index in [-0.39, 0.29) is 0 Å². The van der Waals surface area contributed by atoms with Crippen molar-refractivity contribution in [3.63, 3.8) is 0 Å². The Balaban J connectivity index is 5.94. The standard InChI is InChI=1S/C14H34N2Si/c1-11-16(12-2)17(15(9)10,13(3,4)5)14(6,7)8/h11-12H2,1-10H3. The van der Waals surface area contributed by atoms with Crippen LogP contribution in [0.1, 0.15) is 55.4 Å². The van der Waals surface area contributed by atoms with Crippen molar-refractivity contribution in [3.05, 3.63) is 0 Å². The Morgan fingerprint density at radius 2 is 1.06 bits per heavy atom. The van der Waals surface area contributed by atoms with Gasteiger partial charge in [-0.15, -0.1) is 0 Å². The molecule has 0 saturated heterocycles. The first kappa shape index (κ1) is 17.1. The number of rotatable bonds is 4. The lowest BCUT2D eigenvalue weighted by Crippen LogP contribution is -2.72. The van der Waals surface area contributed by atoms with Crippen LogP contribution in [0.2, 0.25) is 10.1 Å². The molecule has 0 spiro atoms. The van der Waals surface area contributed by atoms with Crippen LogP contribution in [0.5, 0.6) is 0 Å². The molecule has 0 bridgehead atoms. The topological polar surface area (TPSA) is 6.48 Å². The quantitative estimate of drug-likeness (QED) is 0.705. The van der Waals surface area contributed by atoms with Gasteiger partial charge in [0.2, 0.25) is 8.40 Å². The summed E-state index contributed by atoms with van der Waals surface area (Å²) in [6.07, 6.45) is 0. The average molecular weight is 259 g/mol. The molecule has 3 heteroatoms. The highest BCUT2D eigenvalue weighted by atomic mass is 28.4. The van der Waals surface area contributed by atoms with Gasteiger partial charge in [0.1, 0.15) is 0 Å². The van der Waals surface area contributed by atoms with Crippen molar-refractivity contribution in [2.75, 3.05) is 27.2 Å².